The van der Waals surface area contributed by atoms with Gasteiger partial charge in [-0.15, -0.1) is 0 Å². The number of halogens is 3. The number of hydrogen-bond acceptors (Lipinski definition) is 5. The van der Waals surface area contributed by atoms with Gasteiger partial charge in [0.2, 0.25) is 0 Å². The molecule has 2 aromatic carbocycles. The third kappa shape index (κ3) is 5.72. The molecule has 0 aromatic heterocycles. The highest BCUT2D eigenvalue weighted by Gasteiger charge is 2.48. The minimum atomic E-state index is -0.454. The number of nitrogens with zero attached hydrogens (tertiary/aromatic N) is 1. The first-order chi connectivity index (χ1) is 19.2. The first kappa shape index (κ1) is 30.2. The Bertz CT molecular complexity index is 1450. The van der Waals surface area contributed by atoms with E-state index in [2.05, 4.69) is 55.4 Å². The van der Waals surface area contributed by atoms with Gasteiger partial charge in [0.25, 0.3) is 0 Å². The first-order valence-electron chi connectivity index (χ1n) is 14.0. The van der Waals surface area contributed by atoms with Crippen LogP contribution in [0.25, 0.3) is 0 Å². The number of allylic oxidation sites excluding steroid dienone is 4. The summed E-state index contributed by atoms with van der Waals surface area (Å²) in [5, 5.41) is 0.942. The zero-order valence-electron chi connectivity index (χ0n) is 24.4. The normalized spacial score (nSPS) is 20.3. The fraction of sp³-hybridized carbons (Fsp3) is 0.455. The number of Topliss-reactive ketones (excluding diaryl/α,β-unsaturated/α-hetero) is 2. The number of methoxy groups -OCH3 is 1. The molecule has 2 aliphatic carbocycles. The first-order valence-corrected chi connectivity index (χ1v) is 15.5. The van der Waals surface area contributed by atoms with E-state index in [4.69, 9.17) is 32.7 Å². The Morgan fingerprint density at radius 3 is 2.00 bits per heavy atom. The van der Waals surface area contributed by atoms with Crippen LogP contribution in [0.2, 0.25) is 10.0 Å². The smallest absolute Gasteiger partial charge is 0.175 e. The molecule has 2 aromatic rings. The maximum Gasteiger partial charge on any atom is 0.175 e. The summed E-state index contributed by atoms with van der Waals surface area (Å²) in [6, 6.07) is 9.25. The molecule has 0 atom stereocenters. The molecule has 1 aliphatic heterocycles. The van der Waals surface area contributed by atoms with E-state index >= 15 is 0 Å². The van der Waals surface area contributed by atoms with Crippen LogP contribution in [0.4, 0.5) is 0 Å². The van der Waals surface area contributed by atoms with Gasteiger partial charge in [-0.05, 0) is 81.9 Å². The highest BCUT2D eigenvalue weighted by atomic mass is 79.9. The number of ether oxygens (including phenoxy) is 2. The van der Waals surface area contributed by atoms with Crippen molar-refractivity contribution < 1.29 is 19.1 Å². The summed E-state index contributed by atoms with van der Waals surface area (Å²) in [7, 11) is 1.59. The molecule has 8 heteroatoms. The summed E-state index contributed by atoms with van der Waals surface area (Å²) in [5.74, 6) is 0.815. The van der Waals surface area contributed by atoms with E-state index in [1.54, 1.807) is 19.2 Å². The van der Waals surface area contributed by atoms with Gasteiger partial charge in [0, 0.05) is 47.8 Å². The number of rotatable bonds is 6. The molecular formula is C33H36BrCl2NO4. The van der Waals surface area contributed by atoms with E-state index in [9.17, 15) is 9.59 Å². The third-order valence-corrected chi connectivity index (χ3v) is 9.62. The molecule has 1 heterocycles. The van der Waals surface area contributed by atoms with Crippen molar-refractivity contribution in [3.05, 3.63) is 78.5 Å². The van der Waals surface area contributed by atoms with Crippen molar-refractivity contribution >= 4 is 50.7 Å². The van der Waals surface area contributed by atoms with Crippen molar-refractivity contribution in [2.45, 2.75) is 72.8 Å². The van der Waals surface area contributed by atoms with Crippen LogP contribution in [0.1, 0.15) is 77.3 Å². The van der Waals surface area contributed by atoms with Gasteiger partial charge in [-0.1, -0.05) is 57.0 Å². The van der Waals surface area contributed by atoms with Crippen LogP contribution in [-0.4, -0.2) is 30.1 Å². The lowest BCUT2D eigenvalue weighted by atomic mass is 9.63. The van der Waals surface area contributed by atoms with Crippen LogP contribution in [0.15, 0.2) is 57.3 Å². The second-order valence-electron chi connectivity index (χ2n) is 12.9. The van der Waals surface area contributed by atoms with E-state index in [1.807, 2.05) is 18.2 Å². The lowest BCUT2D eigenvalue weighted by Gasteiger charge is -2.49. The molecule has 0 saturated carbocycles. The minimum Gasteiger partial charge on any atom is -0.493 e. The van der Waals surface area contributed by atoms with E-state index in [0.717, 1.165) is 46.5 Å². The molecule has 5 rings (SSSR count). The lowest BCUT2D eigenvalue weighted by molar-refractivity contribution is -0.119. The largest absolute Gasteiger partial charge is 0.493 e. The highest BCUT2D eigenvalue weighted by Crippen LogP contribution is 2.55. The van der Waals surface area contributed by atoms with Gasteiger partial charge >= 0.3 is 0 Å². The van der Waals surface area contributed by atoms with Crippen LogP contribution in [0.3, 0.4) is 0 Å². The zero-order valence-corrected chi connectivity index (χ0v) is 27.5. The summed E-state index contributed by atoms with van der Waals surface area (Å²) in [5.41, 5.74) is 5.00. The van der Waals surface area contributed by atoms with E-state index in [0.29, 0.717) is 45.4 Å². The average molecular weight is 661 g/mol. The van der Waals surface area contributed by atoms with Crippen LogP contribution < -0.4 is 9.47 Å². The van der Waals surface area contributed by atoms with Gasteiger partial charge in [0.1, 0.15) is 6.61 Å². The summed E-state index contributed by atoms with van der Waals surface area (Å²) >= 11 is 16.0. The molecular weight excluding hydrogens is 625 g/mol. The fourth-order valence-corrected chi connectivity index (χ4v) is 7.49. The van der Waals surface area contributed by atoms with Gasteiger partial charge in [-0.25, -0.2) is 0 Å². The van der Waals surface area contributed by atoms with Gasteiger partial charge in [0.15, 0.2) is 23.1 Å². The number of carbonyl (C=O) groups excluding carboxylic acids is 2. The molecule has 0 amide bonds. The maximum absolute atomic E-state index is 13.9. The Morgan fingerprint density at radius 2 is 1.49 bits per heavy atom. The number of benzene rings is 2. The van der Waals surface area contributed by atoms with Crippen LogP contribution >= 0.6 is 39.1 Å². The molecule has 0 bridgehead atoms. The van der Waals surface area contributed by atoms with E-state index in [1.165, 1.54) is 0 Å². The summed E-state index contributed by atoms with van der Waals surface area (Å²) in [6.45, 7) is 11.7. The van der Waals surface area contributed by atoms with Crippen molar-refractivity contribution in [3.63, 3.8) is 0 Å². The lowest BCUT2D eigenvalue weighted by Crippen LogP contribution is -2.44. The monoisotopic (exact) mass is 659 g/mol. The standard InChI is InChI=1S/C33H36BrCl2NO4/c1-7-37-23-13-32(2,3)15-25(38)29(23)28(30-24(37)14-33(4,5)16-26(30)39)19-11-20(34)31(27(12-19)40-6)41-17-18-8-9-21(35)22(36)10-18/h8-12,28H,7,13-17H2,1-6H3. The number of hydrogen-bond donors (Lipinski definition) is 0. The third-order valence-electron chi connectivity index (χ3n) is 8.29. The van der Waals surface area contributed by atoms with Crippen LogP contribution in [0.5, 0.6) is 11.5 Å². The fourth-order valence-electron chi connectivity index (χ4n) is 6.59. The van der Waals surface area contributed by atoms with Crippen LogP contribution in [0, 0.1) is 10.8 Å². The van der Waals surface area contributed by atoms with Gasteiger partial charge in [-0.2, -0.15) is 0 Å². The Labute approximate surface area is 261 Å². The zero-order chi connectivity index (χ0) is 29.9. The second kappa shape index (κ2) is 11.1. The molecule has 0 saturated heterocycles. The molecule has 0 fully saturated rings. The van der Waals surface area contributed by atoms with E-state index < -0.39 is 5.92 Å². The summed E-state index contributed by atoms with van der Waals surface area (Å²) in [6.07, 6.45) is 2.47. The predicted octanol–water partition coefficient (Wildman–Crippen LogP) is 9.05. The molecule has 218 valence electrons. The summed E-state index contributed by atoms with van der Waals surface area (Å²) < 4.78 is 12.7. The van der Waals surface area contributed by atoms with Crippen molar-refractivity contribution in [3.8, 4) is 11.5 Å². The molecule has 3 aliphatic rings. The number of ketones is 2. The van der Waals surface area contributed by atoms with Gasteiger partial charge in [-0.3, -0.25) is 9.59 Å². The molecule has 0 spiro atoms. The molecule has 0 N–H and O–H groups in total. The van der Waals surface area contributed by atoms with Crippen molar-refractivity contribution in [1.82, 2.24) is 4.90 Å². The van der Waals surface area contributed by atoms with Gasteiger partial charge in [0.05, 0.1) is 21.6 Å². The Balaban J connectivity index is 1.63. The minimum absolute atomic E-state index is 0.110. The summed E-state index contributed by atoms with van der Waals surface area (Å²) in [4.78, 5) is 30.1. The second-order valence-corrected chi connectivity index (χ2v) is 14.5. The molecule has 0 unspecified atom stereocenters. The van der Waals surface area contributed by atoms with E-state index in [-0.39, 0.29) is 29.0 Å². The Hall–Kier alpha value is -2.28. The number of carbonyl (C=O) groups is 2. The highest BCUT2D eigenvalue weighted by molar-refractivity contribution is 9.10. The maximum atomic E-state index is 13.9. The molecule has 5 nitrogen and oxygen atoms in total. The van der Waals surface area contributed by atoms with Crippen molar-refractivity contribution in [2.24, 2.45) is 10.8 Å². The van der Waals surface area contributed by atoms with Gasteiger partial charge < -0.3 is 14.4 Å². The van der Waals surface area contributed by atoms with Crippen molar-refractivity contribution in [1.29, 1.82) is 0 Å². The Kier molecular flexibility index (Phi) is 8.17. The molecule has 0 radical (unpaired) electrons. The predicted molar refractivity (Wildman–Crippen MR) is 167 cm³/mol. The topological polar surface area (TPSA) is 55.8 Å². The quantitative estimate of drug-likeness (QED) is 0.309. The Morgan fingerprint density at radius 1 is 0.902 bits per heavy atom. The molecule has 41 heavy (non-hydrogen) atoms. The van der Waals surface area contributed by atoms with Crippen LogP contribution in [-0.2, 0) is 16.2 Å². The SMILES string of the molecule is CCN1C2=C(C(=O)CC(C)(C)C2)C(c2cc(Br)c(OCc3ccc(Cl)c(Cl)c3)c(OC)c2)C2=C1CC(C)(C)CC2=O. The average Bonchev–Trinajstić information content (AvgIpc) is 2.87. The van der Waals surface area contributed by atoms with Crippen molar-refractivity contribution in [2.75, 3.05) is 13.7 Å².